The van der Waals surface area contributed by atoms with Gasteiger partial charge in [-0.25, -0.2) is 4.39 Å². The fourth-order valence-corrected chi connectivity index (χ4v) is 5.25. The van der Waals surface area contributed by atoms with E-state index in [0.717, 1.165) is 19.1 Å². The van der Waals surface area contributed by atoms with Gasteiger partial charge in [0, 0.05) is 26.2 Å². The van der Waals surface area contributed by atoms with Crippen molar-refractivity contribution >= 4 is 11.6 Å². The third-order valence-corrected chi connectivity index (χ3v) is 7.01. The Morgan fingerprint density at radius 1 is 0.964 bits per heavy atom. The molecule has 6 heteroatoms. The zero-order valence-electron chi connectivity index (χ0n) is 17.0. The van der Waals surface area contributed by atoms with Gasteiger partial charge >= 0.3 is 0 Å². The van der Waals surface area contributed by atoms with Gasteiger partial charge in [0.2, 0.25) is 0 Å². The highest BCUT2D eigenvalue weighted by atomic mass is 19.1. The highest BCUT2D eigenvalue weighted by molar-refractivity contribution is 5.77. The smallest absolute Gasteiger partial charge is 0.277 e. The summed E-state index contributed by atoms with van der Waals surface area (Å²) in [7, 11) is 0. The predicted molar refractivity (Wildman–Crippen MR) is 108 cm³/mol. The molecule has 28 heavy (non-hydrogen) atoms. The Bertz CT molecular complexity index is 648. The second-order valence-electron chi connectivity index (χ2n) is 8.74. The molecule has 2 saturated heterocycles. The summed E-state index contributed by atoms with van der Waals surface area (Å²) in [5, 5.41) is 0. The van der Waals surface area contributed by atoms with Crippen LogP contribution in [0.1, 0.15) is 32.1 Å². The summed E-state index contributed by atoms with van der Waals surface area (Å²) < 4.78 is 14.0. The number of amides is 1. The van der Waals surface area contributed by atoms with Crippen molar-refractivity contribution in [3.8, 4) is 0 Å². The summed E-state index contributed by atoms with van der Waals surface area (Å²) in [6.07, 6.45) is 7.02. The average Bonchev–Trinajstić information content (AvgIpc) is 2.75. The number of benzene rings is 1. The molecule has 3 aliphatic rings. The summed E-state index contributed by atoms with van der Waals surface area (Å²) in [5.41, 5.74) is 0.655. The van der Waals surface area contributed by atoms with Crippen molar-refractivity contribution < 1.29 is 19.0 Å². The molecule has 4 rings (SSSR count). The number of anilines is 1. The normalized spacial score (nSPS) is 27.0. The van der Waals surface area contributed by atoms with Crippen molar-refractivity contribution in [1.29, 1.82) is 0 Å². The Balaban J connectivity index is 1.20. The monoisotopic (exact) mass is 390 g/mol. The van der Waals surface area contributed by atoms with Crippen molar-refractivity contribution in [3.05, 3.63) is 30.1 Å². The van der Waals surface area contributed by atoms with E-state index >= 15 is 0 Å². The van der Waals surface area contributed by atoms with Crippen LogP contribution in [-0.2, 0) is 4.79 Å². The summed E-state index contributed by atoms with van der Waals surface area (Å²) >= 11 is 0. The molecule has 0 radical (unpaired) electrons. The number of hydrogen-bond donors (Lipinski definition) is 2. The van der Waals surface area contributed by atoms with E-state index in [9.17, 15) is 9.18 Å². The van der Waals surface area contributed by atoms with E-state index < -0.39 is 0 Å². The van der Waals surface area contributed by atoms with Gasteiger partial charge in [0.15, 0.2) is 6.54 Å². The Labute approximate surface area is 168 Å². The lowest BCUT2D eigenvalue weighted by Crippen LogP contribution is -3.30. The van der Waals surface area contributed by atoms with Crippen LogP contribution in [0.5, 0.6) is 0 Å². The van der Waals surface area contributed by atoms with E-state index in [1.807, 2.05) is 17.0 Å². The lowest BCUT2D eigenvalue weighted by molar-refractivity contribution is -1.02. The van der Waals surface area contributed by atoms with Gasteiger partial charge in [-0.1, -0.05) is 18.6 Å². The van der Waals surface area contributed by atoms with E-state index in [1.165, 1.54) is 56.2 Å². The molecule has 1 amide bonds. The Kier molecular flexibility index (Phi) is 6.47. The quantitative estimate of drug-likeness (QED) is 0.733. The number of rotatable bonds is 4. The topological polar surface area (TPSA) is 32.4 Å². The molecule has 0 bridgehead atoms. The zero-order chi connectivity index (χ0) is 19.3. The summed E-state index contributed by atoms with van der Waals surface area (Å²) in [4.78, 5) is 20.0. The van der Waals surface area contributed by atoms with E-state index in [0.29, 0.717) is 38.4 Å². The lowest BCUT2D eigenvalue weighted by Gasteiger charge is -2.38. The van der Waals surface area contributed by atoms with Crippen LogP contribution in [0.15, 0.2) is 24.3 Å². The molecule has 2 aliphatic heterocycles. The lowest BCUT2D eigenvalue weighted by atomic mass is 9.94. The second-order valence-corrected chi connectivity index (χ2v) is 8.74. The van der Waals surface area contributed by atoms with E-state index in [2.05, 4.69) is 4.90 Å². The molecule has 2 heterocycles. The molecule has 3 fully saturated rings. The predicted octanol–water partition coefficient (Wildman–Crippen LogP) is -0.410. The maximum atomic E-state index is 14.0. The highest BCUT2D eigenvalue weighted by Gasteiger charge is 2.32. The first-order chi connectivity index (χ1) is 13.7. The number of carbonyl (C=O) groups is 1. The highest BCUT2D eigenvalue weighted by Crippen LogP contribution is 2.20. The first kappa shape index (κ1) is 19.6. The SMILES string of the molecule is O=C(C[NH+]1CC[NH+](C2CCCCC2)CC1)N1CCN(c2ccccc2F)CC1. The number of carbonyl (C=O) groups excluding carboxylic acids is 1. The third kappa shape index (κ3) is 4.66. The van der Waals surface area contributed by atoms with Crippen molar-refractivity contribution in [2.45, 2.75) is 38.1 Å². The minimum absolute atomic E-state index is 0.176. The van der Waals surface area contributed by atoms with Gasteiger partial charge in [-0.3, -0.25) is 4.79 Å². The van der Waals surface area contributed by atoms with Gasteiger partial charge in [-0.05, 0) is 37.8 Å². The Hall–Kier alpha value is -1.66. The number of para-hydroxylation sites is 1. The number of nitrogens with zero attached hydrogens (tertiary/aromatic N) is 2. The number of nitrogens with one attached hydrogen (secondary N) is 2. The van der Waals surface area contributed by atoms with Crippen LogP contribution >= 0.6 is 0 Å². The molecule has 0 atom stereocenters. The molecular formula is C22H35FN4O+2. The Morgan fingerprint density at radius 2 is 1.64 bits per heavy atom. The first-order valence-corrected chi connectivity index (χ1v) is 11.2. The van der Waals surface area contributed by atoms with Crippen LogP contribution < -0.4 is 14.7 Å². The molecule has 0 spiro atoms. The van der Waals surface area contributed by atoms with Gasteiger partial charge in [-0.2, -0.15) is 0 Å². The van der Waals surface area contributed by atoms with Crippen LogP contribution in [0, 0.1) is 5.82 Å². The van der Waals surface area contributed by atoms with Crippen molar-refractivity contribution in [2.24, 2.45) is 0 Å². The molecule has 1 aromatic rings. The standard InChI is InChI=1S/C22H33FN4O/c23-20-8-4-5-9-21(20)26-14-16-27(17-15-26)22(28)18-24-10-12-25(13-11-24)19-6-2-1-3-7-19/h4-5,8-9,19H,1-3,6-7,10-18H2/p+2. The molecule has 5 nitrogen and oxygen atoms in total. The van der Waals surface area contributed by atoms with Crippen LogP contribution in [0.2, 0.25) is 0 Å². The van der Waals surface area contributed by atoms with Crippen LogP contribution in [0.4, 0.5) is 10.1 Å². The van der Waals surface area contributed by atoms with Crippen molar-refractivity contribution in [1.82, 2.24) is 4.90 Å². The molecule has 0 aromatic heterocycles. The summed E-state index contributed by atoms with van der Waals surface area (Å²) in [5.74, 6) is 0.0920. The number of halogens is 1. The van der Waals surface area contributed by atoms with Crippen molar-refractivity contribution in [2.75, 3.05) is 63.8 Å². The van der Waals surface area contributed by atoms with E-state index in [4.69, 9.17) is 0 Å². The molecule has 1 aromatic carbocycles. The molecule has 0 unspecified atom stereocenters. The van der Waals surface area contributed by atoms with Gasteiger partial charge in [0.1, 0.15) is 32.0 Å². The van der Waals surface area contributed by atoms with Crippen LogP contribution in [-0.4, -0.2) is 75.8 Å². The second kappa shape index (κ2) is 9.23. The fourth-order valence-electron chi connectivity index (χ4n) is 5.25. The molecular weight excluding hydrogens is 355 g/mol. The summed E-state index contributed by atoms with van der Waals surface area (Å²) in [6.45, 7) is 8.10. The minimum atomic E-state index is -0.176. The van der Waals surface area contributed by atoms with E-state index in [-0.39, 0.29) is 11.7 Å². The number of hydrogen-bond acceptors (Lipinski definition) is 2. The Morgan fingerprint density at radius 3 is 2.32 bits per heavy atom. The maximum Gasteiger partial charge on any atom is 0.277 e. The molecule has 1 aliphatic carbocycles. The van der Waals surface area contributed by atoms with Gasteiger partial charge < -0.3 is 19.6 Å². The molecule has 1 saturated carbocycles. The molecule has 2 N–H and O–H groups in total. The maximum absolute atomic E-state index is 14.0. The number of piperazine rings is 2. The number of quaternary nitrogens is 2. The first-order valence-electron chi connectivity index (χ1n) is 11.2. The van der Waals surface area contributed by atoms with E-state index in [1.54, 1.807) is 11.0 Å². The van der Waals surface area contributed by atoms with Gasteiger partial charge in [0.25, 0.3) is 5.91 Å². The van der Waals surface area contributed by atoms with Crippen LogP contribution in [0.3, 0.4) is 0 Å². The fraction of sp³-hybridized carbons (Fsp3) is 0.682. The summed E-state index contributed by atoms with van der Waals surface area (Å²) in [6, 6.07) is 7.79. The minimum Gasteiger partial charge on any atom is -0.366 e. The largest absolute Gasteiger partial charge is 0.366 e. The van der Waals surface area contributed by atoms with Crippen molar-refractivity contribution in [3.63, 3.8) is 0 Å². The molecule has 154 valence electrons. The third-order valence-electron chi connectivity index (χ3n) is 7.01. The van der Waals surface area contributed by atoms with Crippen LogP contribution in [0.25, 0.3) is 0 Å². The average molecular weight is 391 g/mol. The van der Waals surface area contributed by atoms with Gasteiger partial charge in [-0.15, -0.1) is 0 Å². The van der Waals surface area contributed by atoms with Gasteiger partial charge in [0.05, 0.1) is 11.7 Å². The zero-order valence-corrected chi connectivity index (χ0v) is 17.0.